The average Bonchev–Trinajstić information content (AvgIpc) is 3.38. The minimum absolute atomic E-state index is 0.119. The fourth-order valence-electron chi connectivity index (χ4n) is 2.87. The molecular weight excluding hydrogens is 450 g/mol. The van der Waals surface area contributed by atoms with Gasteiger partial charge in [0.05, 0.1) is 18.6 Å². The van der Waals surface area contributed by atoms with Crippen LogP contribution in [0, 0.1) is 11.3 Å². The number of nitrogens with zero attached hydrogens (tertiary/aromatic N) is 4. The summed E-state index contributed by atoms with van der Waals surface area (Å²) in [5, 5.41) is 22.3. The lowest BCUT2D eigenvalue weighted by atomic mass is 10.2. The van der Waals surface area contributed by atoms with E-state index in [0.717, 1.165) is 22.0 Å². The van der Waals surface area contributed by atoms with E-state index in [4.69, 9.17) is 4.74 Å². The van der Waals surface area contributed by atoms with Crippen LogP contribution in [0.25, 0.3) is 0 Å². The zero-order chi connectivity index (χ0) is 21.8. The number of ketones is 1. The van der Waals surface area contributed by atoms with Crippen molar-refractivity contribution in [2.24, 2.45) is 0 Å². The van der Waals surface area contributed by atoms with Gasteiger partial charge in [-0.05, 0) is 36.4 Å². The van der Waals surface area contributed by atoms with E-state index in [9.17, 15) is 10.1 Å². The van der Waals surface area contributed by atoms with Gasteiger partial charge in [-0.2, -0.15) is 5.26 Å². The van der Waals surface area contributed by atoms with Crippen LogP contribution in [0.1, 0.15) is 0 Å². The zero-order valence-corrected chi connectivity index (χ0v) is 19.1. The van der Waals surface area contributed by atoms with Crippen LogP contribution in [0.2, 0.25) is 0 Å². The summed E-state index contributed by atoms with van der Waals surface area (Å²) in [5.74, 6) is 0.664. The minimum Gasteiger partial charge on any atom is -0.497 e. The van der Waals surface area contributed by atoms with Crippen molar-refractivity contribution >= 4 is 57.2 Å². The number of aromatic nitrogens is 2. The summed E-state index contributed by atoms with van der Waals surface area (Å²) in [5.41, 5.74) is 2.02. The Morgan fingerprint density at radius 3 is 2.71 bits per heavy atom. The number of hydrogen-bond acceptors (Lipinski definition) is 10. The molecule has 0 bridgehead atoms. The molecule has 4 rings (SSSR count). The second-order valence-electron chi connectivity index (χ2n) is 6.36. The number of rotatable bonds is 7. The van der Waals surface area contributed by atoms with Gasteiger partial charge in [0, 0.05) is 17.6 Å². The van der Waals surface area contributed by atoms with Crippen LogP contribution in [0.5, 0.6) is 5.75 Å². The maximum atomic E-state index is 12.8. The molecular formula is C21H17N5O2S3. The summed E-state index contributed by atoms with van der Waals surface area (Å²) < 4.78 is 5.80. The van der Waals surface area contributed by atoms with Crippen molar-refractivity contribution in [3.8, 4) is 11.8 Å². The highest BCUT2D eigenvalue weighted by atomic mass is 32.2. The summed E-state index contributed by atoms with van der Waals surface area (Å²) in [7, 11) is 3.49. The lowest BCUT2D eigenvalue weighted by Gasteiger charge is -2.14. The Morgan fingerprint density at radius 2 is 2.00 bits per heavy atom. The molecule has 10 heteroatoms. The van der Waals surface area contributed by atoms with Crippen molar-refractivity contribution in [3.63, 3.8) is 0 Å². The van der Waals surface area contributed by atoms with Gasteiger partial charge >= 0.3 is 0 Å². The van der Waals surface area contributed by atoms with Crippen LogP contribution in [0.4, 0.5) is 16.5 Å². The number of para-hydroxylation sites is 1. The molecule has 1 aliphatic rings. The molecule has 7 nitrogen and oxygen atoms in total. The highest BCUT2D eigenvalue weighted by Crippen LogP contribution is 2.46. The number of ether oxygens (including phenoxy) is 1. The number of benzene rings is 2. The van der Waals surface area contributed by atoms with E-state index < -0.39 is 0 Å². The highest BCUT2D eigenvalue weighted by Gasteiger charge is 2.27. The van der Waals surface area contributed by atoms with E-state index >= 15 is 0 Å². The number of hydrogen-bond donors (Lipinski definition) is 1. The molecule has 2 aromatic carbocycles. The van der Waals surface area contributed by atoms with Gasteiger partial charge in [0.2, 0.25) is 5.13 Å². The Kier molecular flexibility index (Phi) is 6.46. The Morgan fingerprint density at radius 1 is 1.23 bits per heavy atom. The van der Waals surface area contributed by atoms with Crippen LogP contribution < -0.4 is 15.0 Å². The lowest BCUT2D eigenvalue weighted by molar-refractivity contribution is -0.112. The number of allylic oxidation sites excluding steroid dienone is 1. The third-order valence-electron chi connectivity index (χ3n) is 4.42. The van der Waals surface area contributed by atoms with Gasteiger partial charge in [0.15, 0.2) is 10.1 Å². The number of thioether (sulfide) groups is 2. The van der Waals surface area contributed by atoms with Gasteiger partial charge < -0.3 is 15.0 Å². The van der Waals surface area contributed by atoms with E-state index in [2.05, 4.69) is 21.6 Å². The van der Waals surface area contributed by atoms with Crippen molar-refractivity contribution < 1.29 is 9.53 Å². The monoisotopic (exact) mass is 467 g/mol. The number of carbonyl (C=O) groups is 1. The minimum atomic E-state index is -0.227. The van der Waals surface area contributed by atoms with Gasteiger partial charge in [0.1, 0.15) is 22.4 Å². The number of carbonyl (C=O) groups excluding carboxylic acids is 1. The van der Waals surface area contributed by atoms with E-state index in [1.54, 1.807) is 7.11 Å². The molecule has 0 atom stereocenters. The molecule has 0 radical (unpaired) electrons. The first-order valence-corrected chi connectivity index (χ1v) is 11.8. The van der Waals surface area contributed by atoms with Gasteiger partial charge in [-0.3, -0.25) is 4.79 Å². The largest absolute Gasteiger partial charge is 0.497 e. The molecule has 0 saturated heterocycles. The summed E-state index contributed by atoms with van der Waals surface area (Å²) in [4.78, 5) is 15.7. The van der Waals surface area contributed by atoms with E-state index in [1.807, 2.05) is 60.5 Å². The van der Waals surface area contributed by atoms with Gasteiger partial charge in [-0.15, -0.1) is 10.2 Å². The lowest BCUT2D eigenvalue weighted by Crippen LogP contribution is -2.16. The first-order chi connectivity index (χ1) is 15.1. The van der Waals surface area contributed by atoms with E-state index in [-0.39, 0.29) is 17.1 Å². The second-order valence-corrected chi connectivity index (χ2v) is 9.59. The van der Waals surface area contributed by atoms with E-state index in [0.29, 0.717) is 14.5 Å². The van der Waals surface area contributed by atoms with Crippen LogP contribution in [-0.2, 0) is 4.79 Å². The third kappa shape index (κ3) is 4.69. The molecule has 0 saturated carbocycles. The smallest absolute Gasteiger partial charge is 0.210 e. The van der Waals surface area contributed by atoms with Gasteiger partial charge in [-0.25, -0.2) is 0 Å². The second kappa shape index (κ2) is 9.43. The molecule has 0 aliphatic carbocycles. The number of nitriles is 1. The van der Waals surface area contributed by atoms with Crippen molar-refractivity contribution in [1.29, 1.82) is 5.26 Å². The Hall–Kier alpha value is -3.00. The summed E-state index contributed by atoms with van der Waals surface area (Å²) >= 11 is 4.07. The number of anilines is 3. The van der Waals surface area contributed by atoms with Crippen LogP contribution >= 0.6 is 34.9 Å². The predicted molar refractivity (Wildman–Crippen MR) is 125 cm³/mol. The molecule has 1 aromatic heterocycles. The zero-order valence-electron chi connectivity index (χ0n) is 16.7. The standard InChI is InChI=1S/C21H17N5O2S3/c1-26-16-5-3-4-6-18(16)30-19(26)15(11-22)17(27)12-29-21-25-24-20(31-21)23-13-7-9-14(28-2)10-8-13/h3-10H,12H2,1-2H3,(H,23,24)/b19-15+. The summed E-state index contributed by atoms with van der Waals surface area (Å²) in [6, 6.07) is 17.4. The number of nitrogens with one attached hydrogen (secondary N) is 1. The molecule has 156 valence electrons. The molecule has 0 fully saturated rings. The maximum Gasteiger partial charge on any atom is 0.210 e. The van der Waals surface area contributed by atoms with Crippen molar-refractivity contribution in [2.75, 3.05) is 30.1 Å². The Labute approximate surface area is 192 Å². The molecule has 1 N–H and O–H groups in total. The fourth-order valence-corrected chi connectivity index (χ4v) is 5.67. The average molecular weight is 468 g/mol. The Bertz CT molecular complexity index is 1180. The van der Waals surface area contributed by atoms with Gasteiger partial charge in [-0.1, -0.05) is 47.0 Å². The first kappa shape index (κ1) is 21.2. The third-order valence-corrected chi connectivity index (χ3v) is 7.63. The normalized spacial score (nSPS) is 14.0. The molecule has 3 aromatic rings. The highest BCUT2D eigenvalue weighted by molar-refractivity contribution is 8.04. The summed E-state index contributed by atoms with van der Waals surface area (Å²) in [6.07, 6.45) is 0. The molecule has 1 aliphatic heterocycles. The molecule has 0 unspecified atom stereocenters. The van der Waals surface area contributed by atoms with Crippen molar-refractivity contribution in [3.05, 3.63) is 59.1 Å². The first-order valence-electron chi connectivity index (χ1n) is 9.14. The quantitative estimate of drug-likeness (QED) is 0.295. The van der Waals surface area contributed by atoms with Crippen molar-refractivity contribution in [2.45, 2.75) is 9.24 Å². The topological polar surface area (TPSA) is 91.1 Å². The summed E-state index contributed by atoms with van der Waals surface area (Å²) in [6.45, 7) is 0. The van der Waals surface area contributed by atoms with Crippen LogP contribution in [0.15, 0.2) is 68.4 Å². The Balaban J connectivity index is 1.40. The molecule has 31 heavy (non-hydrogen) atoms. The van der Waals surface area contributed by atoms with Crippen molar-refractivity contribution in [1.82, 2.24) is 10.2 Å². The molecule has 2 heterocycles. The van der Waals surface area contributed by atoms with E-state index in [1.165, 1.54) is 34.9 Å². The number of Topliss-reactive ketones (excluding diaryl/α,β-unsaturated/α-hetero) is 1. The number of fused-ring (bicyclic) bond motifs is 1. The van der Waals surface area contributed by atoms with Crippen LogP contribution in [-0.4, -0.2) is 35.9 Å². The van der Waals surface area contributed by atoms with Crippen LogP contribution in [0.3, 0.4) is 0 Å². The van der Waals surface area contributed by atoms with Gasteiger partial charge in [0.25, 0.3) is 0 Å². The fraction of sp³-hybridized carbons (Fsp3) is 0.143. The predicted octanol–water partition coefficient (Wildman–Crippen LogP) is 4.93. The SMILES string of the molecule is COc1ccc(Nc2nnc(SCC(=O)/C(C#N)=C3/Sc4ccccc4N3C)s2)cc1. The molecule has 0 amide bonds. The maximum absolute atomic E-state index is 12.8. The molecule has 0 spiro atoms. The number of methoxy groups -OCH3 is 1.